The van der Waals surface area contributed by atoms with E-state index >= 15 is 0 Å². The predicted molar refractivity (Wildman–Crippen MR) is 110 cm³/mol. The number of amides is 1. The molecule has 1 unspecified atom stereocenters. The standard InChI is InChI=1S/C22H29N3O4/c1-4-29-19-6-5-13-24(14-19)22(28)17-7-9-18(10-8-17)25-16(3)20(15(2)23-25)11-12-21(26)27/h7-10,19H,4-6,11-14H2,1-3H3,(H,26,27). The van der Waals surface area contributed by atoms with Gasteiger partial charge < -0.3 is 14.7 Å². The highest BCUT2D eigenvalue weighted by Gasteiger charge is 2.24. The average Bonchev–Trinajstić information content (AvgIpc) is 3.00. The van der Waals surface area contributed by atoms with Crippen LogP contribution in [0.15, 0.2) is 24.3 Å². The molecular formula is C22H29N3O4. The molecule has 7 nitrogen and oxygen atoms in total. The molecule has 1 fully saturated rings. The zero-order chi connectivity index (χ0) is 21.0. The summed E-state index contributed by atoms with van der Waals surface area (Å²) in [5.41, 5.74) is 4.23. The van der Waals surface area contributed by atoms with Gasteiger partial charge in [0.1, 0.15) is 0 Å². The summed E-state index contributed by atoms with van der Waals surface area (Å²) in [4.78, 5) is 25.6. The third kappa shape index (κ3) is 4.85. The fourth-order valence-electron chi connectivity index (χ4n) is 3.94. The monoisotopic (exact) mass is 399 g/mol. The van der Waals surface area contributed by atoms with Crippen molar-refractivity contribution < 1.29 is 19.4 Å². The molecule has 0 saturated carbocycles. The molecule has 1 N–H and O–H groups in total. The van der Waals surface area contributed by atoms with E-state index in [9.17, 15) is 9.59 Å². The van der Waals surface area contributed by atoms with Crippen LogP contribution in [0.5, 0.6) is 0 Å². The number of carboxylic acids is 1. The third-order valence-electron chi connectivity index (χ3n) is 5.46. The molecule has 1 aromatic heterocycles. The van der Waals surface area contributed by atoms with Gasteiger partial charge in [0, 0.05) is 37.4 Å². The van der Waals surface area contributed by atoms with Gasteiger partial charge in [-0.3, -0.25) is 9.59 Å². The van der Waals surface area contributed by atoms with Gasteiger partial charge in [0.05, 0.1) is 17.5 Å². The maximum atomic E-state index is 12.9. The van der Waals surface area contributed by atoms with Crippen molar-refractivity contribution in [1.82, 2.24) is 14.7 Å². The second-order valence-corrected chi connectivity index (χ2v) is 7.47. The molecule has 2 aromatic rings. The van der Waals surface area contributed by atoms with E-state index in [1.54, 1.807) is 0 Å². The normalized spacial score (nSPS) is 16.8. The molecule has 0 aliphatic carbocycles. The number of ether oxygens (including phenoxy) is 1. The van der Waals surface area contributed by atoms with Gasteiger partial charge in [0.25, 0.3) is 5.91 Å². The Balaban J connectivity index is 1.74. The number of carbonyl (C=O) groups is 2. The van der Waals surface area contributed by atoms with Crippen LogP contribution >= 0.6 is 0 Å². The molecule has 1 saturated heterocycles. The fourth-order valence-corrected chi connectivity index (χ4v) is 3.94. The molecule has 1 aliphatic rings. The van der Waals surface area contributed by atoms with E-state index < -0.39 is 5.97 Å². The lowest BCUT2D eigenvalue weighted by Crippen LogP contribution is -2.43. The van der Waals surface area contributed by atoms with Crippen LogP contribution < -0.4 is 0 Å². The van der Waals surface area contributed by atoms with Crippen molar-refractivity contribution in [3.8, 4) is 5.69 Å². The van der Waals surface area contributed by atoms with Crippen LogP contribution in [0.1, 0.15) is 53.5 Å². The van der Waals surface area contributed by atoms with E-state index in [1.807, 2.05) is 54.6 Å². The van der Waals surface area contributed by atoms with Gasteiger partial charge in [0.2, 0.25) is 0 Å². The van der Waals surface area contributed by atoms with Crippen molar-refractivity contribution in [2.45, 2.75) is 52.6 Å². The topological polar surface area (TPSA) is 84.7 Å². The van der Waals surface area contributed by atoms with Crippen LogP contribution in [0.25, 0.3) is 5.69 Å². The van der Waals surface area contributed by atoms with Gasteiger partial charge >= 0.3 is 5.97 Å². The SMILES string of the molecule is CCOC1CCCN(C(=O)c2ccc(-n3nc(C)c(CCC(=O)O)c3C)cc2)C1. The van der Waals surface area contributed by atoms with Crippen molar-refractivity contribution in [3.05, 3.63) is 46.8 Å². The van der Waals surface area contributed by atoms with Crippen LogP contribution in [-0.2, 0) is 16.0 Å². The molecule has 1 aliphatic heterocycles. The number of rotatable bonds is 7. The van der Waals surface area contributed by atoms with E-state index in [0.717, 1.165) is 42.0 Å². The highest BCUT2D eigenvalue weighted by atomic mass is 16.5. The number of hydrogen-bond acceptors (Lipinski definition) is 4. The average molecular weight is 399 g/mol. The number of hydrogen-bond donors (Lipinski definition) is 1. The minimum atomic E-state index is -0.816. The first-order valence-corrected chi connectivity index (χ1v) is 10.2. The fraction of sp³-hybridized carbons (Fsp3) is 0.500. The third-order valence-corrected chi connectivity index (χ3v) is 5.46. The van der Waals surface area contributed by atoms with Crippen molar-refractivity contribution in [1.29, 1.82) is 0 Å². The zero-order valence-corrected chi connectivity index (χ0v) is 17.4. The largest absolute Gasteiger partial charge is 0.481 e. The first-order chi connectivity index (χ1) is 13.9. The number of aliphatic carboxylic acids is 1. The Morgan fingerprint density at radius 2 is 1.97 bits per heavy atom. The molecule has 1 atom stereocenters. The second kappa shape index (κ2) is 9.22. The summed E-state index contributed by atoms with van der Waals surface area (Å²) >= 11 is 0. The first-order valence-electron chi connectivity index (χ1n) is 10.2. The number of nitrogens with zero attached hydrogens (tertiary/aromatic N) is 3. The van der Waals surface area contributed by atoms with Gasteiger partial charge in [-0.2, -0.15) is 5.10 Å². The maximum Gasteiger partial charge on any atom is 0.303 e. The molecule has 29 heavy (non-hydrogen) atoms. The Hall–Kier alpha value is -2.67. The molecular weight excluding hydrogens is 370 g/mol. The molecule has 3 rings (SSSR count). The maximum absolute atomic E-state index is 12.9. The van der Waals surface area contributed by atoms with Gasteiger partial charge in [-0.15, -0.1) is 0 Å². The highest BCUT2D eigenvalue weighted by molar-refractivity contribution is 5.94. The van der Waals surface area contributed by atoms with Crippen LogP contribution in [0, 0.1) is 13.8 Å². The number of carboxylic acid groups (broad SMARTS) is 1. The van der Waals surface area contributed by atoms with Crippen molar-refractivity contribution in [2.75, 3.05) is 19.7 Å². The summed E-state index contributed by atoms with van der Waals surface area (Å²) in [5, 5.41) is 13.5. The Labute approximate surface area is 171 Å². The second-order valence-electron chi connectivity index (χ2n) is 7.47. The number of piperidine rings is 1. The van der Waals surface area contributed by atoms with Gasteiger partial charge in [-0.1, -0.05) is 0 Å². The van der Waals surface area contributed by atoms with Crippen LogP contribution in [-0.4, -0.2) is 57.5 Å². The summed E-state index contributed by atoms with van der Waals surface area (Å²) in [6.45, 7) is 7.87. The number of aryl methyl sites for hydroxylation is 1. The molecule has 7 heteroatoms. The van der Waals surface area contributed by atoms with Crippen LogP contribution in [0.4, 0.5) is 0 Å². The Kier molecular flexibility index (Phi) is 6.69. The van der Waals surface area contributed by atoms with Gasteiger partial charge in [-0.25, -0.2) is 4.68 Å². The number of benzene rings is 1. The lowest BCUT2D eigenvalue weighted by molar-refractivity contribution is -0.136. The first kappa shape index (κ1) is 21.0. The Morgan fingerprint density at radius 3 is 2.62 bits per heavy atom. The highest BCUT2D eigenvalue weighted by Crippen LogP contribution is 2.21. The Bertz CT molecular complexity index is 871. The lowest BCUT2D eigenvalue weighted by atomic mass is 10.1. The summed E-state index contributed by atoms with van der Waals surface area (Å²) in [5.74, 6) is -0.792. The van der Waals surface area contributed by atoms with E-state index in [4.69, 9.17) is 9.84 Å². The number of aromatic nitrogens is 2. The van der Waals surface area contributed by atoms with Crippen LogP contribution in [0.2, 0.25) is 0 Å². The van der Waals surface area contributed by atoms with E-state index in [-0.39, 0.29) is 18.4 Å². The Morgan fingerprint density at radius 1 is 1.24 bits per heavy atom. The van der Waals surface area contributed by atoms with Crippen molar-refractivity contribution >= 4 is 11.9 Å². The quantitative estimate of drug-likeness (QED) is 0.773. The van der Waals surface area contributed by atoms with Gasteiger partial charge in [0.15, 0.2) is 0 Å². The van der Waals surface area contributed by atoms with E-state index in [0.29, 0.717) is 25.1 Å². The summed E-state index contributed by atoms with van der Waals surface area (Å²) in [6.07, 6.45) is 2.62. The minimum Gasteiger partial charge on any atom is -0.481 e. The molecule has 1 aromatic carbocycles. The van der Waals surface area contributed by atoms with Crippen molar-refractivity contribution in [3.63, 3.8) is 0 Å². The smallest absolute Gasteiger partial charge is 0.303 e. The van der Waals surface area contributed by atoms with Crippen LogP contribution in [0.3, 0.4) is 0 Å². The van der Waals surface area contributed by atoms with Gasteiger partial charge in [-0.05, 0) is 69.9 Å². The number of likely N-dealkylation sites (tertiary alicyclic amines) is 1. The van der Waals surface area contributed by atoms with Crippen molar-refractivity contribution in [2.24, 2.45) is 0 Å². The molecule has 156 valence electrons. The summed E-state index contributed by atoms with van der Waals surface area (Å²) < 4.78 is 7.51. The predicted octanol–water partition coefficient (Wildman–Crippen LogP) is 3.15. The van der Waals surface area contributed by atoms with E-state index in [1.165, 1.54) is 0 Å². The zero-order valence-electron chi connectivity index (χ0n) is 17.4. The summed E-state index contributed by atoms with van der Waals surface area (Å²) in [7, 11) is 0. The van der Waals surface area contributed by atoms with E-state index in [2.05, 4.69) is 5.10 Å². The molecule has 0 radical (unpaired) electrons. The number of carbonyl (C=O) groups excluding carboxylic acids is 1. The summed E-state index contributed by atoms with van der Waals surface area (Å²) in [6, 6.07) is 7.43. The molecule has 0 bridgehead atoms. The molecule has 0 spiro atoms. The molecule has 2 heterocycles. The minimum absolute atomic E-state index is 0.0245. The lowest BCUT2D eigenvalue weighted by Gasteiger charge is -2.32. The molecule has 1 amide bonds.